The van der Waals surface area contributed by atoms with Gasteiger partial charge in [0.05, 0.1) is 0 Å². The molecule has 1 fully saturated rings. The van der Waals surface area contributed by atoms with Crippen molar-refractivity contribution in [2.24, 2.45) is 5.41 Å². The van der Waals surface area contributed by atoms with Crippen molar-refractivity contribution >= 4 is 5.78 Å². The van der Waals surface area contributed by atoms with Crippen LogP contribution in [-0.4, -0.2) is 18.9 Å². The number of carbonyl (C=O) groups excluding carboxylic acids is 1. The molecule has 0 radical (unpaired) electrons. The zero-order chi connectivity index (χ0) is 10.6. The summed E-state index contributed by atoms with van der Waals surface area (Å²) in [4.78, 5) is 12.0. The number of ketones is 1. The molecule has 1 heterocycles. The third-order valence-corrected chi connectivity index (χ3v) is 3.29. The van der Waals surface area contributed by atoms with Gasteiger partial charge in [-0.25, -0.2) is 0 Å². The molecule has 0 saturated carbocycles. The molecule has 14 heavy (non-hydrogen) atoms. The highest BCUT2D eigenvalue weighted by Crippen LogP contribution is 2.31. The van der Waals surface area contributed by atoms with Crippen molar-refractivity contribution in [3.63, 3.8) is 0 Å². The van der Waals surface area contributed by atoms with E-state index < -0.39 is 0 Å². The predicted octanol–water partition coefficient (Wildman–Crippen LogP) is 2.30. The number of piperidine rings is 1. The molecule has 2 heteroatoms. The van der Waals surface area contributed by atoms with Crippen LogP contribution in [0.2, 0.25) is 0 Å². The van der Waals surface area contributed by atoms with E-state index in [0.717, 1.165) is 37.9 Å². The molecule has 0 aromatic heterocycles. The first-order chi connectivity index (χ1) is 6.58. The normalized spacial score (nSPS) is 20.4. The molecule has 2 nitrogen and oxygen atoms in total. The zero-order valence-electron chi connectivity index (χ0n) is 9.36. The summed E-state index contributed by atoms with van der Waals surface area (Å²) in [5, 5.41) is 3.29. The third kappa shape index (κ3) is 2.68. The SMILES string of the molecule is C=C(CC)CC(=O)C1(C)CCNCC1. The molecule has 1 N–H and O–H groups in total. The Balaban J connectivity index is 2.53. The van der Waals surface area contributed by atoms with E-state index in [0.29, 0.717) is 12.2 Å². The zero-order valence-corrected chi connectivity index (χ0v) is 9.36. The lowest BCUT2D eigenvalue weighted by Gasteiger charge is -2.32. The van der Waals surface area contributed by atoms with Gasteiger partial charge in [0.15, 0.2) is 0 Å². The lowest BCUT2D eigenvalue weighted by atomic mass is 9.75. The maximum Gasteiger partial charge on any atom is 0.142 e. The van der Waals surface area contributed by atoms with Gasteiger partial charge in [0.2, 0.25) is 0 Å². The van der Waals surface area contributed by atoms with E-state index in [1.165, 1.54) is 0 Å². The second-order valence-corrected chi connectivity index (χ2v) is 4.51. The van der Waals surface area contributed by atoms with E-state index in [9.17, 15) is 4.79 Å². The highest BCUT2D eigenvalue weighted by molar-refractivity contribution is 5.86. The molecule has 0 aromatic carbocycles. The summed E-state index contributed by atoms with van der Waals surface area (Å²) in [7, 11) is 0. The van der Waals surface area contributed by atoms with Crippen LogP contribution >= 0.6 is 0 Å². The Labute approximate surface area is 86.8 Å². The topological polar surface area (TPSA) is 29.1 Å². The number of hydrogen-bond donors (Lipinski definition) is 1. The summed E-state index contributed by atoms with van der Waals surface area (Å²) in [5.74, 6) is 0.380. The number of hydrogen-bond acceptors (Lipinski definition) is 2. The van der Waals surface area contributed by atoms with Crippen molar-refractivity contribution in [2.45, 2.75) is 39.5 Å². The van der Waals surface area contributed by atoms with E-state index in [-0.39, 0.29) is 5.41 Å². The van der Waals surface area contributed by atoms with Crippen LogP contribution < -0.4 is 5.32 Å². The quantitative estimate of drug-likeness (QED) is 0.697. The first-order valence-corrected chi connectivity index (χ1v) is 5.49. The first kappa shape index (κ1) is 11.4. The van der Waals surface area contributed by atoms with Crippen molar-refractivity contribution in [3.05, 3.63) is 12.2 Å². The Morgan fingerprint density at radius 3 is 2.50 bits per heavy atom. The molecule has 0 aliphatic carbocycles. The highest BCUT2D eigenvalue weighted by Gasteiger charge is 2.33. The van der Waals surface area contributed by atoms with Gasteiger partial charge >= 0.3 is 0 Å². The van der Waals surface area contributed by atoms with Gasteiger partial charge in [-0.15, -0.1) is 0 Å². The predicted molar refractivity (Wildman–Crippen MR) is 59.3 cm³/mol. The van der Waals surface area contributed by atoms with E-state index >= 15 is 0 Å². The first-order valence-electron chi connectivity index (χ1n) is 5.49. The number of Topliss-reactive ketones (excluding diaryl/α,β-unsaturated/α-hetero) is 1. The van der Waals surface area contributed by atoms with Crippen molar-refractivity contribution in [3.8, 4) is 0 Å². The Hall–Kier alpha value is -0.630. The third-order valence-electron chi connectivity index (χ3n) is 3.29. The summed E-state index contributed by atoms with van der Waals surface area (Å²) in [6.07, 6.45) is 3.44. The van der Waals surface area contributed by atoms with Crippen LogP contribution in [0.3, 0.4) is 0 Å². The van der Waals surface area contributed by atoms with Gasteiger partial charge in [0.1, 0.15) is 5.78 Å². The molecule has 0 aromatic rings. The van der Waals surface area contributed by atoms with E-state index in [4.69, 9.17) is 0 Å². The minimum absolute atomic E-state index is 0.0939. The second-order valence-electron chi connectivity index (χ2n) is 4.51. The lowest BCUT2D eigenvalue weighted by Crippen LogP contribution is -2.40. The minimum Gasteiger partial charge on any atom is -0.317 e. The van der Waals surface area contributed by atoms with Crippen molar-refractivity contribution in [2.75, 3.05) is 13.1 Å². The minimum atomic E-state index is -0.0939. The largest absolute Gasteiger partial charge is 0.317 e. The van der Waals surface area contributed by atoms with Crippen molar-refractivity contribution < 1.29 is 4.79 Å². The van der Waals surface area contributed by atoms with Crippen LogP contribution in [0.25, 0.3) is 0 Å². The lowest BCUT2D eigenvalue weighted by molar-refractivity contribution is -0.128. The molecule has 1 saturated heterocycles. The van der Waals surface area contributed by atoms with Gasteiger partial charge in [0, 0.05) is 11.8 Å². The fourth-order valence-electron chi connectivity index (χ4n) is 1.82. The maximum absolute atomic E-state index is 12.0. The number of rotatable bonds is 4. The van der Waals surface area contributed by atoms with Gasteiger partial charge in [0.25, 0.3) is 0 Å². The highest BCUT2D eigenvalue weighted by atomic mass is 16.1. The summed E-state index contributed by atoms with van der Waals surface area (Å²) in [6, 6.07) is 0. The molecule has 0 bridgehead atoms. The second kappa shape index (κ2) is 4.74. The number of carbonyl (C=O) groups is 1. The molecule has 0 atom stereocenters. The van der Waals surface area contributed by atoms with E-state index in [1.807, 2.05) is 0 Å². The van der Waals surface area contributed by atoms with Crippen LogP contribution in [0.15, 0.2) is 12.2 Å². The number of nitrogens with one attached hydrogen (secondary N) is 1. The fraction of sp³-hybridized carbons (Fsp3) is 0.750. The van der Waals surface area contributed by atoms with Gasteiger partial charge in [-0.1, -0.05) is 26.0 Å². The summed E-state index contributed by atoms with van der Waals surface area (Å²) in [6.45, 7) is 10.0. The molecule has 0 amide bonds. The van der Waals surface area contributed by atoms with Gasteiger partial charge < -0.3 is 5.32 Å². The molecular formula is C12H21NO. The molecular weight excluding hydrogens is 174 g/mol. The van der Waals surface area contributed by atoms with Crippen LogP contribution in [0.5, 0.6) is 0 Å². The Bertz CT molecular complexity index is 226. The number of allylic oxidation sites excluding steroid dienone is 1. The van der Waals surface area contributed by atoms with Crippen LogP contribution in [-0.2, 0) is 4.79 Å². The summed E-state index contributed by atoms with van der Waals surface area (Å²) in [5.41, 5.74) is 0.971. The van der Waals surface area contributed by atoms with Crippen molar-refractivity contribution in [1.29, 1.82) is 0 Å². The molecule has 80 valence electrons. The monoisotopic (exact) mass is 195 g/mol. The molecule has 1 rings (SSSR count). The van der Waals surface area contributed by atoms with Crippen molar-refractivity contribution in [1.82, 2.24) is 5.32 Å². The standard InChI is InChI=1S/C12H21NO/c1-4-10(2)9-11(14)12(3)5-7-13-8-6-12/h13H,2,4-9H2,1,3H3. The average molecular weight is 195 g/mol. The summed E-state index contributed by atoms with van der Waals surface area (Å²) < 4.78 is 0. The average Bonchev–Trinajstić information content (AvgIpc) is 2.18. The van der Waals surface area contributed by atoms with E-state index in [2.05, 4.69) is 25.7 Å². The van der Waals surface area contributed by atoms with Gasteiger partial charge in [-0.3, -0.25) is 4.79 Å². The van der Waals surface area contributed by atoms with Crippen LogP contribution in [0.1, 0.15) is 39.5 Å². The molecule has 1 aliphatic heterocycles. The van der Waals surface area contributed by atoms with E-state index in [1.54, 1.807) is 0 Å². The smallest absolute Gasteiger partial charge is 0.142 e. The Morgan fingerprint density at radius 2 is 2.00 bits per heavy atom. The Kier molecular flexibility index (Phi) is 3.87. The summed E-state index contributed by atoms with van der Waals surface area (Å²) >= 11 is 0. The van der Waals surface area contributed by atoms with Gasteiger partial charge in [-0.05, 0) is 32.4 Å². The maximum atomic E-state index is 12.0. The molecule has 0 spiro atoms. The molecule has 1 aliphatic rings. The Morgan fingerprint density at radius 1 is 1.43 bits per heavy atom. The van der Waals surface area contributed by atoms with Crippen LogP contribution in [0.4, 0.5) is 0 Å². The fourth-order valence-corrected chi connectivity index (χ4v) is 1.82. The van der Waals surface area contributed by atoms with Crippen LogP contribution in [0, 0.1) is 5.41 Å². The van der Waals surface area contributed by atoms with Gasteiger partial charge in [-0.2, -0.15) is 0 Å². The molecule has 0 unspecified atom stereocenters.